The summed E-state index contributed by atoms with van der Waals surface area (Å²) >= 11 is 0. The molecule has 4 aromatic heterocycles. The predicted molar refractivity (Wildman–Crippen MR) is 148 cm³/mol. The highest BCUT2D eigenvalue weighted by molar-refractivity contribution is 5.91. The normalized spacial score (nSPS) is 12.0. The van der Waals surface area contributed by atoms with Gasteiger partial charge in [0.05, 0.1) is 34.6 Å². The maximum absolute atomic E-state index is 14.6. The lowest BCUT2D eigenvalue weighted by molar-refractivity contribution is 0.420. The van der Waals surface area contributed by atoms with Gasteiger partial charge in [0.25, 0.3) is 0 Å². The van der Waals surface area contributed by atoms with Gasteiger partial charge < -0.3 is 14.3 Å². The van der Waals surface area contributed by atoms with E-state index in [4.69, 9.17) is 8.94 Å². The van der Waals surface area contributed by atoms with Gasteiger partial charge in [0.2, 0.25) is 5.43 Å². The van der Waals surface area contributed by atoms with Gasteiger partial charge in [0.1, 0.15) is 23.4 Å². The summed E-state index contributed by atoms with van der Waals surface area (Å²) in [5, 5.41) is 7.69. The van der Waals surface area contributed by atoms with E-state index < -0.39 is 0 Å². The molecule has 192 valence electrons. The Morgan fingerprint density at radius 3 is 2.59 bits per heavy atom. The number of aryl methyl sites for hydroxylation is 1. The summed E-state index contributed by atoms with van der Waals surface area (Å²) in [6.45, 7) is 3.89. The molecule has 0 radical (unpaired) electrons. The molecule has 0 aliphatic carbocycles. The standard InChI is InChI=1S/C31H23FN4O3/c1-18-13-23(19(2)36-26-10-6-12-34-28(26)22-8-3-4-9-25(22)32)31-24(14-18)29(37)27(21-16-35-38-17-21)30(39-31)20-7-5-11-33-15-20/h3-17,19,36H,1-2H3/t19-/m1/s1. The second kappa shape index (κ2) is 9.98. The minimum Gasteiger partial charge on any atom is -0.455 e. The Kier molecular flexibility index (Phi) is 6.20. The fraction of sp³-hybridized carbons (Fsp3) is 0.0968. The zero-order valence-electron chi connectivity index (χ0n) is 21.2. The van der Waals surface area contributed by atoms with Gasteiger partial charge in [-0.05, 0) is 61.9 Å². The van der Waals surface area contributed by atoms with E-state index in [0.717, 1.165) is 11.1 Å². The molecule has 1 N–H and O–H groups in total. The van der Waals surface area contributed by atoms with Crippen molar-refractivity contribution in [2.75, 3.05) is 5.32 Å². The van der Waals surface area contributed by atoms with Crippen LogP contribution in [-0.2, 0) is 0 Å². The number of anilines is 1. The average molecular weight is 519 g/mol. The second-order valence-corrected chi connectivity index (χ2v) is 9.27. The monoisotopic (exact) mass is 518 g/mol. The van der Waals surface area contributed by atoms with Crippen LogP contribution < -0.4 is 10.7 Å². The van der Waals surface area contributed by atoms with Gasteiger partial charge >= 0.3 is 0 Å². The molecule has 0 aliphatic rings. The third-order valence-corrected chi connectivity index (χ3v) is 6.58. The van der Waals surface area contributed by atoms with Crippen molar-refractivity contribution in [1.29, 1.82) is 0 Å². The number of pyridine rings is 2. The highest BCUT2D eigenvalue weighted by Crippen LogP contribution is 2.37. The topological polar surface area (TPSA) is 94.1 Å². The van der Waals surface area contributed by atoms with Gasteiger partial charge in [0.15, 0.2) is 0 Å². The molecule has 0 fully saturated rings. The number of benzene rings is 2. The molecule has 0 amide bonds. The number of halogens is 1. The summed E-state index contributed by atoms with van der Waals surface area (Å²) in [7, 11) is 0. The van der Waals surface area contributed by atoms with Crippen LogP contribution in [0.4, 0.5) is 10.1 Å². The van der Waals surface area contributed by atoms with Gasteiger partial charge in [-0.3, -0.25) is 14.8 Å². The number of rotatable bonds is 6. The van der Waals surface area contributed by atoms with E-state index >= 15 is 0 Å². The van der Waals surface area contributed by atoms with Crippen molar-refractivity contribution in [2.24, 2.45) is 0 Å². The summed E-state index contributed by atoms with van der Waals surface area (Å²) in [5.41, 5.74) is 4.96. The largest absolute Gasteiger partial charge is 0.455 e. The highest BCUT2D eigenvalue weighted by atomic mass is 19.1. The van der Waals surface area contributed by atoms with Gasteiger partial charge in [-0.1, -0.05) is 23.4 Å². The van der Waals surface area contributed by atoms with Crippen LogP contribution in [0.5, 0.6) is 0 Å². The zero-order chi connectivity index (χ0) is 26.9. The Bertz CT molecular complexity index is 1850. The van der Waals surface area contributed by atoms with Gasteiger partial charge in [-0.15, -0.1) is 0 Å². The van der Waals surface area contributed by atoms with E-state index in [1.807, 2.05) is 38.1 Å². The van der Waals surface area contributed by atoms with Crippen molar-refractivity contribution in [1.82, 2.24) is 15.1 Å². The average Bonchev–Trinajstić information content (AvgIpc) is 3.49. The van der Waals surface area contributed by atoms with Crippen LogP contribution >= 0.6 is 0 Å². The van der Waals surface area contributed by atoms with Crippen LogP contribution in [-0.4, -0.2) is 15.1 Å². The van der Waals surface area contributed by atoms with E-state index in [2.05, 4.69) is 20.4 Å². The molecule has 6 rings (SSSR count). The molecule has 0 spiro atoms. The van der Waals surface area contributed by atoms with E-state index in [-0.39, 0.29) is 17.3 Å². The third kappa shape index (κ3) is 4.46. The number of hydrogen-bond donors (Lipinski definition) is 1. The van der Waals surface area contributed by atoms with Crippen LogP contribution in [0.3, 0.4) is 0 Å². The SMILES string of the molecule is Cc1cc([C@@H](C)Nc2cccnc2-c2ccccc2F)c2oc(-c3cccnc3)c(-c3cnoc3)c(=O)c2c1. The lowest BCUT2D eigenvalue weighted by Gasteiger charge is -2.20. The first kappa shape index (κ1) is 24.2. The Hall–Kier alpha value is -5.11. The van der Waals surface area contributed by atoms with Crippen LogP contribution in [0.25, 0.3) is 44.7 Å². The molecule has 0 aliphatic heterocycles. The van der Waals surface area contributed by atoms with Crippen LogP contribution in [0.2, 0.25) is 0 Å². The summed E-state index contributed by atoms with van der Waals surface area (Å²) in [6.07, 6.45) is 7.85. The van der Waals surface area contributed by atoms with E-state index in [1.54, 1.807) is 48.9 Å². The summed E-state index contributed by atoms with van der Waals surface area (Å²) < 4.78 is 26.2. The van der Waals surface area contributed by atoms with Crippen molar-refractivity contribution in [3.05, 3.63) is 119 Å². The van der Waals surface area contributed by atoms with Crippen LogP contribution in [0, 0.1) is 12.7 Å². The fourth-order valence-corrected chi connectivity index (χ4v) is 4.79. The second-order valence-electron chi connectivity index (χ2n) is 9.27. The molecule has 6 aromatic rings. The smallest absolute Gasteiger partial charge is 0.201 e. The van der Waals surface area contributed by atoms with Crippen molar-refractivity contribution < 1.29 is 13.3 Å². The predicted octanol–water partition coefficient (Wildman–Crippen LogP) is 7.19. The molecule has 7 nitrogen and oxygen atoms in total. The van der Waals surface area contributed by atoms with Gasteiger partial charge in [-0.2, -0.15) is 0 Å². The number of nitrogens with one attached hydrogen (secondary N) is 1. The molecule has 2 aromatic carbocycles. The molecule has 0 bridgehead atoms. The maximum Gasteiger partial charge on any atom is 0.201 e. The third-order valence-electron chi connectivity index (χ3n) is 6.58. The van der Waals surface area contributed by atoms with Crippen molar-refractivity contribution in [3.8, 4) is 33.7 Å². The molecule has 1 atom stereocenters. The first-order valence-electron chi connectivity index (χ1n) is 12.4. The quantitative estimate of drug-likeness (QED) is 0.249. The molecule has 8 heteroatoms. The van der Waals surface area contributed by atoms with Crippen LogP contribution in [0.15, 0.2) is 105 Å². The van der Waals surface area contributed by atoms with Gasteiger partial charge in [0, 0.05) is 40.8 Å². The summed E-state index contributed by atoms with van der Waals surface area (Å²) in [4.78, 5) is 22.6. The Balaban J connectivity index is 1.53. The fourth-order valence-electron chi connectivity index (χ4n) is 4.79. The van der Waals surface area contributed by atoms with Gasteiger partial charge in [-0.25, -0.2) is 4.39 Å². The Morgan fingerprint density at radius 2 is 1.82 bits per heavy atom. The summed E-state index contributed by atoms with van der Waals surface area (Å²) in [6, 6.07) is 17.3. The lowest BCUT2D eigenvalue weighted by Crippen LogP contribution is -2.13. The van der Waals surface area contributed by atoms with E-state index in [1.165, 1.54) is 18.5 Å². The van der Waals surface area contributed by atoms with E-state index in [0.29, 0.717) is 50.4 Å². The van der Waals surface area contributed by atoms with E-state index in [9.17, 15) is 9.18 Å². The van der Waals surface area contributed by atoms with Crippen molar-refractivity contribution in [3.63, 3.8) is 0 Å². The Labute approximate surface area is 223 Å². The number of aromatic nitrogens is 3. The summed E-state index contributed by atoms with van der Waals surface area (Å²) in [5.74, 6) is 0.0100. The molecular formula is C31H23FN4O3. The molecular weight excluding hydrogens is 495 g/mol. The highest BCUT2D eigenvalue weighted by Gasteiger charge is 2.23. The minimum absolute atomic E-state index is 0.205. The first-order chi connectivity index (χ1) is 19.0. The number of hydrogen-bond acceptors (Lipinski definition) is 7. The van der Waals surface area contributed by atoms with Crippen molar-refractivity contribution in [2.45, 2.75) is 19.9 Å². The van der Waals surface area contributed by atoms with Crippen molar-refractivity contribution >= 4 is 16.7 Å². The maximum atomic E-state index is 14.6. The lowest BCUT2D eigenvalue weighted by atomic mass is 9.97. The minimum atomic E-state index is -0.360. The Morgan fingerprint density at radius 1 is 0.974 bits per heavy atom. The molecule has 4 heterocycles. The zero-order valence-corrected chi connectivity index (χ0v) is 21.2. The number of fused-ring (bicyclic) bond motifs is 1. The first-order valence-corrected chi connectivity index (χ1v) is 12.4. The molecule has 0 saturated heterocycles. The number of nitrogens with zero attached hydrogens (tertiary/aromatic N) is 3. The molecule has 39 heavy (non-hydrogen) atoms. The van der Waals surface area contributed by atoms with Crippen LogP contribution in [0.1, 0.15) is 24.1 Å². The molecule has 0 saturated carbocycles. The molecule has 0 unspecified atom stereocenters.